The van der Waals surface area contributed by atoms with Gasteiger partial charge in [0, 0.05) is 13.0 Å². The number of nitrogens with one attached hydrogen (secondary N) is 1. The summed E-state index contributed by atoms with van der Waals surface area (Å²) in [5.74, 6) is -1.06. The fraction of sp³-hybridized carbons (Fsp3) is 0.474. The zero-order valence-electron chi connectivity index (χ0n) is 15.2. The van der Waals surface area contributed by atoms with Gasteiger partial charge in [-0.05, 0) is 24.8 Å². The van der Waals surface area contributed by atoms with Crippen molar-refractivity contribution in [3.63, 3.8) is 0 Å². The van der Waals surface area contributed by atoms with Gasteiger partial charge in [-0.25, -0.2) is 9.59 Å². The fourth-order valence-electron chi connectivity index (χ4n) is 2.93. The van der Waals surface area contributed by atoms with E-state index in [1.165, 1.54) is 12.0 Å². The molecule has 0 aromatic heterocycles. The Balaban J connectivity index is 1.94. The number of amides is 2. The number of hydrogen-bond donors (Lipinski definition) is 1. The lowest BCUT2D eigenvalue weighted by Gasteiger charge is -2.25. The van der Waals surface area contributed by atoms with E-state index < -0.39 is 30.1 Å². The van der Waals surface area contributed by atoms with Gasteiger partial charge in [0.1, 0.15) is 18.7 Å². The highest BCUT2D eigenvalue weighted by atomic mass is 16.6. The molecule has 8 nitrogen and oxygen atoms in total. The van der Waals surface area contributed by atoms with Crippen LogP contribution in [0.3, 0.4) is 0 Å². The molecule has 2 rings (SSSR count). The quantitative estimate of drug-likeness (QED) is 0.730. The van der Waals surface area contributed by atoms with Crippen molar-refractivity contribution in [2.24, 2.45) is 0 Å². The molecule has 1 heterocycles. The molecule has 2 amide bonds. The van der Waals surface area contributed by atoms with E-state index in [0.717, 1.165) is 5.56 Å². The van der Waals surface area contributed by atoms with Crippen LogP contribution < -0.4 is 5.32 Å². The van der Waals surface area contributed by atoms with Crippen molar-refractivity contribution in [1.82, 2.24) is 10.2 Å². The number of benzene rings is 1. The summed E-state index contributed by atoms with van der Waals surface area (Å²) in [6.07, 6.45) is 0.842. The molecule has 1 aliphatic rings. The predicted molar refractivity (Wildman–Crippen MR) is 95.1 cm³/mol. The Bertz CT molecular complexity index is 701. The number of nitrogens with zero attached hydrogens (tertiary/aromatic N) is 2. The number of esters is 1. The van der Waals surface area contributed by atoms with Crippen LogP contribution in [0.15, 0.2) is 30.3 Å². The number of hydrogen-bond acceptors (Lipinski definition) is 6. The number of ether oxygens (including phenoxy) is 2. The normalized spacial score (nSPS) is 16.9. The van der Waals surface area contributed by atoms with Crippen molar-refractivity contribution in [3.05, 3.63) is 35.9 Å². The molecule has 1 saturated heterocycles. The highest BCUT2D eigenvalue weighted by Gasteiger charge is 2.36. The predicted octanol–water partition coefficient (Wildman–Crippen LogP) is 1.75. The lowest BCUT2D eigenvalue weighted by Crippen LogP contribution is -2.51. The van der Waals surface area contributed by atoms with Crippen LogP contribution in [0.5, 0.6) is 0 Å². The second-order valence-electron chi connectivity index (χ2n) is 6.17. The van der Waals surface area contributed by atoms with E-state index in [0.29, 0.717) is 19.4 Å². The first-order valence-electron chi connectivity index (χ1n) is 8.79. The third-order valence-electron chi connectivity index (χ3n) is 4.34. The Hall–Kier alpha value is -3.08. The van der Waals surface area contributed by atoms with Crippen LogP contribution >= 0.6 is 0 Å². The molecule has 1 aromatic rings. The van der Waals surface area contributed by atoms with Gasteiger partial charge in [0.25, 0.3) is 0 Å². The first-order chi connectivity index (χ1) is 13.1. The number of likely N-dealkylation sites (tertiary alicyclic amines) is 1. The number of nitriles is 1. The monoisotopic (exact) mass is 373 g/mol. The molecule has 1 aromatic carbocycles. The highest BCUT2D eigenvalue weighted by Crippen LogP contribution is 2.19. The van der Waals surface area contributed by atoms with Gasteiger partial charge >= 0.3 is 12.1 Å². The molecule has 0 bridgehead atoms. The smallest absolute Gasteiger partial charge is 0.410 e. The van der Waals surface area contributed by atoms with Gasteiger partial charge in [-0.3, -0.25) is 9.69 Å². The SMILES string of the molecule is COC(=O)[C@H](CCC#N)NC(=O)[C@H]1CCCN1C(=O)OCc1ccccc1. The number of carbonyl (C=O) groups is 3. The van der Waals surface area contributed by atoms with Gasteiger partial charge in [0.05, 0.1) is 13.2 Å². The Morgan fingerprint density at radius 3 is 2.74 bits per heavy atom. The Morgan fingerprint density at radius 1 is 1.33 bits per heavy atom. The summed E-state index contributed by atoms with van der Waals surface area (Å²) in [5.41, 5.74) is 0.855. The minimum absolute atomic E-state index is 0.105. The van der Waals surface area contributed by atoms with E-state index in [4.69, 9.17) is 10.00 Å². The molecule has 0 aliphatic carbocycles. The summed E-state index contributed by atoms with van der Waals surface area (Å²) in [4.78, 5) is 38.1. The third kappa shape index (κ3) is 5.71. The number of carbonyl (C=O) groups excluding carboxylic acids is 3. The lowest BCUT2D eigenvalue weighted by molar-refractivity contribution is -0.145. The molecule has 2 atom stereocenters. The zero-order chi connectivity index (χ0) is 19.6. The van der Waals surface area contributed by atoms with Crippen LogP contribution in [-0.4, -0.2) is 48.6 Å². The van der Waals surface area contributed by atoms with Crippen molar-refractivity contribution in [2.45, 2.75) is 44.4 Å². The molecule has 144 valence electrons. The standard InChI is InChI=1S/C19H23N3O5/c1-26-18(24)15(9-5-11-20)21-17(23)16-10-6-12-22(16)19(25)27-13-14-7-3-2-4-8-14/h2-4,7-8,15-16H,5-6,9-10,12-13H2,1H3,(H,21,23)/t15-,16+/m0/s1. The molecule has 8 heteroatoms. The summed E-state index contributed by atoms with van der Waals surface area (Å²) >= 11 is 0. The molecule has 1 N–H and O–H groups in total. The first kappa shape index (κ1) is 20.2. The average molecular weight is 373 g/mol. The van der Waals surface area contributed by atoms with E-state index >= 15 is 0 Å². The van der Waals surface area contributed by atoms with E-state index in [1.807, 2.05) is 36.4 Å². The first-order valence-corrected chi connectivity index (χ1v) is 8.79. The van der Waals surface area contributed by atoms with Crippen molar-refractivity contribution in [1.29, 1.82) is 5.26 Å². The van der Waals surface area contributed by atoms with Crippen LogP contribution in [0.1, 0.15) is 31.2 Å². The molecule has 1 aliphatic heterocycles. The summed E-state index contributed by atoms with van der Waals surface area (Å²) in [6.45, 7) is 0.532. The minimum Gasteiger partial charge on any atom is -0.467 e. The largest absolute Gasteiger partial charge is 0.467 e. The fourth-order valence-corrected chi connectivity index (χ4v) is 2.93. The maximum Gasteiger partial charge on any atom is 0.410 e. The van der Waals surface area contributed by atoms with Crippen LogP contribution in [0.25, 0.3) is 0 Å². The van der Waals surface area contributed by atoms with Crippen LogP contribution in [-0.2, 0) is 25.7 Å². The second kappa shape index (κ2) is 10.2. The topological polar surface area (TPSA) is 109 Å². The Labute approximate surface area is 158 Å². The number of methoxy groups -OCH3 is 1. The van der Waals surface area contributed by atoms with Crippen molar-refractivity contribution in [3.8, 4) is 6.07 Å². The van der Waals surface area contributed by atoms with Crippen LogP contribution in [0, 0.1) is 11.3 Å². The lowest BCUT2D eigenvalue weighted by atomic mass is 10.1. The van der Waals surface area contributed by atoms with E-state index in [1.54, 1.807) is 0 Å². The van der Waals surface area contributed by atoms with Crippen molar-refractivity contribution >= 4 is 18.0 Å². The van der Waals surface area contributed by atoms with Crippen molar-refractivity contribution < 1.29 is 23.9 Å². The summed E-state index contributed by atoms with van der Waals surface area (Å²) in [5, 5.41) is 11.3. The summed E-state index contributed by atoms with van der Waals surface area (Å²) in [6, 6.07) is 9.58. The van der Waals surface area contributed by atoms with Gasteiger partial charge in [0.15, 0.2) is 0 Å². The summed E-state index contributed by atoms with van der Waals surface area (Å²) < 4.78 is 9.97. The van der Waals surface area contributed by atoms with Gasteiger partial charge in [0.2, 0.25) is 5.91 Å². The summed E-state index contributed by atoms with van der Waals surface area (Å²) in [7, 11) is 1.22. The molecule has 1 fully saturated rings. The van der Waals surface area contributed by atoms with Crippen LogP contribution in [0.4, 0.5) is 4.79 Å². The Kier molecular flexibility index (Phi) is 7.62. The Morgan fingerprint density at radius 2 is 2.07 bits per heavy atom. The molecular weight excluding hydrogens is 350 g/mol. The van der Waals surface area contributed by atoms with Crippen LogP contribution in [0.2, 0.25) is 0 Å². The minimum atomic E-state index is -0.912. The average Bonchev–Trinajstić information content (AvgIpc) is 3.19. The highest BCUT2D eigenvalue weighted by molar-refractivity contribution is 5.90. The van der Waals surface area contributed by atoms with Crippen molar-refractivity contribution in [2.75, 3.05) is 13.7 Å². The van der Waals surface area contributed by atoms with E-state index in [9.17, 15) is 14.4 Å². The molecule has 27 heavy (non-hydrogen) atoms. The molecular formula is C19H23N3O5. The molecule has 0 spiro atoms. The zero-order valence-corrected chi connectivity index (χ0v) is 15.2. The van der Waals surface area contributed by atoms with E-state index in [-0.39, 0.29) is 19.4 Å². The second-order valence-corrected chi connectivity index (χ2v) is 6.17. The third-order valence-corrected chi connectivity index (χ3v) is 4.34. The maximum atomic E-state index is 12.6. The van der Waals surface area contributed by atoms with Gasteiger partial charge in [-0.1, -0.05) is 30.3 Å². The molecule has 0 unspecified atom stereocenters. The van der Waals surface area contributed by atoms with E-state index in [2.05, 4.69) is 10.1 Å². The molecule has 0 saturated carbocycles. The maximum absolute atomic E-state index is 12.6. The number of rotatable bonds is 7. The molecule has 0 radical (unpaired) electrons. The van der Waals surface area contributed by atoms with Gasteiger partial charge in [-0.15, -0.1) is 0 Å². The van der Waals surface area contributed by atoms with Gasteiger partial charge in [-0.2, -0.15) is 5.26 Å². The van der Waals surface area contributed by atoms with Gasteiger partial charge < -0.3 is 14.8 Å².